The highest BCUT2D eigenvalue weighted by molar-refractivity contribution is 6.02. The van der Waals surface area contributed by atoms with Crippen LogP contribution in [0.15, 0.2) is 48.5 Å². The molecule has 0 aliphatic carbocycles. The Bertz CT molecular complexity index is 927. The lowest BCUT2D eigenvalue weighted by molar-refractivity contribution is -0.137. The van der Waals surface area contributed by atoms with Gasteiger partial charge in [0.1, 0.15) is 0 Å². The first kappa shape index (κ1) is 19.7. The van der Waals surface area contributed by atoms with Crippen molar-refractivity contribution >= 4 is 29.3 Å². The van der Waals surface area contributed by atoms with Gasteiger partial charge in [0.05, 0.1) is 22.9 Å². The average Bonchev–Trinajstić information content (AvgIpc) is 2.60. The van der Waals surface area contributed by atoms with Crippen molar-refractivity contribution in [2.45, 2.75) is 13.1 Å². The number of anilines is 2. The fourth-order valence-electron chi connectivity index (χ4n) is 2.18. The van der Waals surface area contributed by atoms with Crippen LogP contribution in [0.25, 0.3) is 6.08 Å². The standard InChI is InChI=1S/C19H14F3N3O2/c1-12(26)24-15-7-8-17(16(10-15)19(20,21)22)25-18(27)9-6-13-2-4-14(11-23)5-3-13/h2-10H,1H3,(H,24,26)(H,25,27)/b9-6+. The van der Waals surface area contributed by atoms with Crippen molar-refractivity contribution in [1.82, 2.24) is 0 Å². The minimum absolute atomic E-state index is 0.0269. The SMILES string of the molecule is CC(=O)Nc1ccc(NC(=O)/C=C/c2ccc(C#N)cc2)c(C(F)(F)F)c1. The molecule has 0 fully saturated rings. The number of hydrogen-bond donors (Lipinski definition) is 2. The van der Waals surface area contributed by atoms with Gasteiger partial charge < -0.3 is 10.6 Å². The predicted molar refractivity (Wildman–Crippen MR) is 94.6 cm³/mol. The number of carbonyl (C=O) groups is 2. The largest absolute Gasteiger partial charge is 0.418 e. The molecule has 2 aromatic rings. The highest BCUT2D eigenvalue weighted by Crippen LogP contribution is 2.36. The number of alkyl halides is 3. The number of nitriles is 1. The van der Waals surface area contributed by atoms with Crippen molar-refractivity contribution in [2.75, 3.05) is 10.6 Å². The zero-order valence-corrected chi connectivity index (χ0v) is 14.1. The topological polar surface area (TPSA) is 82.0 Å². The first-order chi connectivity index (χ1) is 12.7. The molecule has 0 aliphatic rings. The molecule has 0 aromatic heterocycles. The van der Waals surface area contributed by atoms with Crippen LogP contribution in [0.5, 0.6) is 0 Å². The molecule has 0 saturated carbocycles. The number of carbonyl (C=O) groups excluding carboxylic acids is 2. The maximum absolute atomic E-state index is 13.2. The van der Waals surface area contributed by atoms with Crippen LogP contribution in [-0.2, 0) is 15.8 Å². The van der Waals surface area contributed by atoms with Gasteiger partial charge in [-0.1, -0.05) is 12.1 Å². The van der Waals surface area contributed by atoms with E-state index in [1.165, 1.54) is 19.1 Å². The molecule has 0 bridgehead atoms. The molecule has 2 rings (SSSR count). The van der Waals surface area contributed by atoms with E-state index >= 15 is 0 Å². The molecule has 2 N–H and O–H groups in total. The highest BCUT2D eigenvalue weighted by atomic mass is 19.4. The van der Waals surface area contributed by atoms with Gasteiger partial charge in [-0.05, 0) is 42.0 Å². The van der Waals surface area contributed by atoms with E-state index in [1.54, 1.807) is 24.3 Å². The fourth-order valence-corrected chi connectivity index (χ4v) is 2.18. The number of hydrogen-bond acceptors (Lipinski definition) is 3. The molecule has 0 spiro atoms. The number of benzene rings is 2. The maximum Gasteiger partial charge on any atom is 0.418 e. The van der Waals surface area contributed by atoms with Gasteiger partial charge in [0, 0.05) is 18.7 Å². The molecule has 0 atom stereocenters. The molecule has 138 valence electrons. The molecule has 0 aliphatic heterocycles. The van der Waals surface area contributed by atoms with E-state index in [0.717, 1.165) is 18.2 Å². The van der Waals surface area contributed by atoms with Crippen molar-refractivity contribution in [2.24, 2.45) is 0 Å². The Hall–Kier alpha value is -3.60. The smallest absolute Gasteiger partial charge is 0.326 e. The molecule has 8 heteroatoms. The van der Waals surface area contributed by atoms with Crippen LogP contribution >= 0.6 is 0 Å². The van der Waals surface area contributed by atoms with Gasteiger partial charge in [0.25, 0.3) is 0 Å². The lowest BCUT2D eigenvalue weighted by Crippen LogP contribution is -2.16. The Kier molecular flexibility index (Phi) is 5.98. The van der Waals surface area contributed by atoms with Crippen molar-refractivity contribution in [3.05, 3.63) is 65.2 Å². The van der Waals surface area contributed by atoms with Crippen molar-refractivity contribution in [3.63, 3.8) is 0 Å². The Labute approximate surface area is 153 Å². The first-order valence-electron chi connectivity index (χ1n) is 7.67. The summed E-state index contributed by atoms with van der Waals surface area (Å²) in [5.74, 6) is -1.26. The summed E-state index contributed by atoms with van der Waals surface area (Å²) >= 11 is 0. The summed E-state index contributed by atoms with van der Waals surface area (Å²) < 4.78 is 39.7. The summed E-state index contributed by atoms with van der Waals surface area (Å²) in [5.41, 5.74) is -0.465. The number of halogens is 3. The Balaban J connectivity index is 2.19. The molecule has 5 nitrogen and oxygen atoms in total. The molecule has 2 amide bonds. The van der Waals surface area contributed by atoms with Crippen LogP contribution < -0.4 is 10.6 Å². The normalized spacial score (nSPS) is 11.1. The van der Waals surface area contributed by atoms with Crippen molar-refractivity contribution in [3.8, 4) is 6.07 Å². The molecule has 0 heterocycles. The third-order valence-electron chi connectivity index (χ3n) is 3.37. The number of amides is 2. The molecular formula is C19H14F3N3O2. The van der Waals surface area contributed by atoms with Gasteiger partial charge in [-0.2, -0.15) is 18.4 Å². The van der Waals surface area contributed by atoms with E-state index in [9.17, 15) is 22.8 Å². The van der Waals surface area contributed by atoms with Gasteiger partial charge in [-0.3, -0.25) is 9.59 Å². The molecule has 0 radical (unpaired) electrons. The lowest BCUT2D eigenvalue weighted by Gasteiger charge is -2.15. The fraction of sp³-hybridized carbons (Fsp3) is 0.105. The molecule has 2 aromatic carbocycles. The van der Waals surface area contributed by atoms with E-state index in [0.29, 0.717) is 11.1 Å². The lowest BCUT2D eigenvalue weighted by atomic mass is 10.1. The zero-order valence-electron chi connectivity index (χ0n) is 14.1. The first-order valence-corrected chi connectivity index (χ1v) is 7.67. The monoisotopic (exact) mass is 373 g/mol. The van der Waals surface area contributed by atoms with Gasteiger partial charge in [-0.25, -0.2) is 0 Å². The summed E-state index contributed by atoms with van der Waals surface area (Å²) in [7, 11) is 0. The van der Waals surface area contributed by atoms with Gasteiger partial charge in [-0.15, -0.1) is 0 Å². The van der Waals surface area contributed by atoms with Gasteiger partial charge in [0.2, 0.25) is 11.8 Å². The van der Waals surface area contributed by atoms with E-state index in [1.807, 2.05) is 6.07 Å². The summed E-state index contributed by atoms with van der Waals surface area (Å²) in [6.07, 6.45) is -2.22. The van der Waals surface area contributed by atoms with E-state index in [2.05, 4.69) is 10.6 Å². The second-order valence-corrected chi connectivity index (χ2v) is 5.50. The van der Waals surface area contributed by atoms with E-state index < -0.39 is 29.2 Å². The van der Waals surface area contributed by atoms with Crippen LogP contribution in [-0.4, -0.2) is 11.8 Å². The summed E-state index contributed by atoms with van der Waals surface area (Å²) in [5, 5.41) is 13.2. The molecule has 0 unspecified atom stereocenters. The average molecular weight is 373 g/mol. The molecular weight excluding hydrogens is 359 g/mol. The second kappa shape index (κ2) is 8.19. The van der Waals surface area contributed by atoms with E-state index in [4.69, 9.17) is 5.26 Å². The number of nitrogens with one attached hydrogen (secondary N) is 2. The van der Waals surface area contributed by atoms with Crippen LogP contribution in [0.2, 0.25) is 0 Å². The summed E-state index contributed by atoms with van der Waals surface area (Å²) in [4.78, 5) is 23.0. The van der Waals surface area contributed by atoms with Crippen LogP contribution in [0, 0.1) is 11.3 Å². The Morgan fingerprint density at radius 2 is 1.74 bits per heavy atom. The molecule has 0 saturated heterocycles. The molecule has 27 heavy (non-hydrogen) atoms. The minimum atomic E-state index is -4.71. The third kappa shape index (κ3) is 5.71. The Morgan fingerprint density at radius 3 is 2.30 bits per heavy atom. The van der Waals surface area contributed by atoms with Crippen molar-refractivity contribution < 1.29 is 22.8 Å². The minimum Gasteiger partial charge on any atom is -0.326 e. The second-order valence-electron chi connectivity index (χ2n) is 5.50. The number of nitrogens with zero attached hydrogens (tertiary/aromatic N) is 1. The summed E-state index contributed by atoms with van der Waals surface area (Å²) in [6.45, 7) is 1.18. The Morgan fingerprint density at radius 1 is 1.07 bits per heavy atom. The van der Waals surface area contributed by atoms with E-state index in [-0.39, 0.29) is 5.69 Å². The zero-order chi connectivity index (χ0) is 20.0. The van der Waals surface area contributed by atoms with Gasteiger partial charge in [0.15, 0.2) is 0 Å². The summed E-state index contributed by atoms with van der Waals surface area (Å²) in [6, 6.07) is 11.4. The third-order valence-corrected chi connectivity index (χ3v) is 3.37. The predicted octanol–water partition coefficient (Wildman–Crippen LogP) is 4.19. The van der Waals surface area contributed by atoms with Crippen molar-refractivity contribution in [1.29, 1.82) is 5.26 Å². The maximum atomic E-state index is 13.2. The van der Waals surface area contributed by atoms with Crippen LogP contribution in [0.3, 0.4) is 0 Å². The van der Waals surface area contributed by atoms with Crippen LogP contribution in [0.4, 0.5) is 24.5 Å². The number of rotatable bonds is 4. The van der Waals surface area contributed by atoms with Gasteiger partial charge >= 0.3 is 6.18 Å². The van der Waals surface area contributed by atoms with Crippen LogP contribution in [0.1, 0.15) is 23.6 Å². The quantitative estimate of drug-likeness (QED) is 0.789. The highest BCUT2D eigenvalue weighted by Gasteiger charge is 2.34.